The molecule has 1 unspecified atom stereocenters. The van der Waals surface area contributed by atoms with Crippen LogP contribution in [-0.2, 0) is 14.4 Å². The average Bonchev–Trinajstić information content (AvgIpc) is 3.22. The first-order valence-corrected chi connectivity index (χ1v) is 9.96. The molecule has 7 nitrogen and oxygen atoms in total. The molecule has 0 bridgehead atoms. The lowest BCUT2D eigenvalue weighted by Gasteiger charge is -2.29. The molecule has 7 heteroatoms. The van der Waals surface area contributed by atoms with Crippen LogP contribution >= 0.6 is 0 Å². The number of carbonyl (C=O) groups is 3. The van der Waals surface area contributed by atoms with E-state index in [0.29, 0.717) is 13.0 Å². The molecule has 2 rings (SSSR count). The molecule has 3 amide bonds. The van der Waals surface area contributed by atoms with Gasteiger partial charge in [0.1, 0.15) is 12.1 Å². The molecule has 156 valence electrons. The zero-order chi connectivity index (χ0) is 21.4. The van der Waals surface area contributed by atoms with Gasteiger partial charge in [0.05, 0.1) is 12.1 Å². The zero-order valence-corrected chi connectivity index (χ0v) is 17.3. The Labute approximate surface area is 172 Å². The van der Waals surface area contributed by atoms with Gasteiger partial charge in [0.15, 0.2) is 0 Å². The highest BCUT2D eigenvalue weighted by molar-refractivity contribution is 5.93. The van der Waals surface area contributed by atoms with Gasteiger partial charge in [-0.1, -0.05) is 30.3 Å². The van der Waals surface area contributed by atoms with Crippen LogP contribution in [0.4, 0.5) is 0 Å². The topological polar surface area (TPSA) is 90.5 Å². The molecule has 1 aliphatic rings. The van der Waals surface area contributed by atoms with E-state index < -0.39 is 18.1 Å². The van der Waals surface area contributed by atoms with Crippen LogP contribution in [0.5, 0.6) is 0 Å². The number of nitrogens with zero attached hydrogens (tertiary/aromatic N) is 1. The van der Waals surface area contributed by atoms with E-state index in [9.17, 15) is 14.4 Å². The second kappa shape index (κ2) is 10.6. The Kier molecular flexibility index (Phi) is 8.22. The number of likely N-dealkylation sites (N-methyl/N-ethyl adjacent to an activating group) is 1. The third kappa shape index (κ3) is 5.81. The second-order valence-electron chi connectivity index (χ2n) is 7.31. The largest absolute Gasteiger partial charge is 0.348 e. The van der Waals surface area contributed by atoms with Crippen molar-refractivity contribution in [2.24, 2.45) is 0 Å². The van der Waals surface area contributed by atoms with Gasteiger partial charge >= 0.3 is 0 Å². The quantitative estimate of drug-likeness (QED) is 0.569. The molecule has 0 aliphatic carbocycles. The summed E-state index contributed by atoms with van der Waals surface area (Å²) in [6, 6.07) is 7.63. The first kappa shape index (κ1) is 22.4. The minimum Gasteiger partial charge on any atom is -0.348 e. The van der Waals surface area contributed by atoms with Gasteiger partial charge in [0, 0.05) is 13.0 Å². The summed E-state index contributed by atoms with van der Waals surface area (Å²) in [6.45, 7) is 4.08. The highest BCUT2D eigenvalue weighted by atomic mass is 16.2. The van der Waals surface area contributed by atoms with Crippen molar-refractivity contribution in [2.45, 2.75) is 57.3 Å². The van der Waals surface area contributed by atoms with E-state index in [4.69, 9.17) is 6.42 Å². The molecule has 1 saturated heterocycles. The third-order valence-corrected chi connectivity index (χ3v) is 5.26. The molecule has 0 spiro atoms. The van der Waals surface area contributed by atoms with Crippen LogP contribution in [0.3, 0.4) is 0 Å². The Bertz CT molecular complexity index is 759. The van der Waals surface area contributed by atoms with Gasteiger partial charge in [-0.25, -0.2) is 0 Å². The van der Waals surface area contributed by atoms with Crippen LogP contribution < -0.4 is 16.0 Å². The van der Waals surface area contributed by atoms with Gasteiger partial charge in [0.2, 0.25) is 17.7 Å². The van der Waals surface area contributed by atoms with Crippen LogP contribution in [0.2, 0.25) is 0 Å². The van der Waals surface area contributed by atoms with Gasteiger partial charge < -0.3 is 20.9 Å². The lowest BCUT2D eigenvalue weighted by Crippen LogP contribution is -2.55. The predicted molar refractivity (Wildman–Crippen MR) is 112 cm³/mol. The minimum atomic E-state index is -0.844. The van der Waals surface area contributed by atoms with Crippen molar-refractivity contribution < 1.29 is 14.4 Å². The van der Waals surface area contributed by atoms with E-state index in [1.807, 2.05) is 37.3 Å². The van der Waals surface area contributed by atoms with Crippen LogP contribution in [0.25, 0.3) is 0 Å². The highest BCUT2D eigenvalue weighted by Crippen LogP contribution is 2.21. The summed E-state index contributed by atoms with van der Waals surface area (Å²) < 4.78 is 0. The van der Waals surface area contributed by atoms with E-state index in [-0.39, 0.29) is 30.2 Å². The average molecular weight is 399 g/mol. The molecule has 0 saturated carbocycles. The Morgan fingerprint density at radius 1 is 1.21 bits per heavy atom. The molecular weight excluding hydrogens is 368 g/mol. The van der Waals surface area contributed by atoms with Gasteiger partial charge in [0.25, 0.3) is 0 Å². The summed E-state index contributed by atoms with van der Waals surface area (Å²) in [5.74, 6) is 1.63. The molecule has 1 aromatic rings. The normalized spacial score (nSPS) is 19.0. The Morgan fingerprint density at radius 3 is 2.52 bits per heavy atom. The van der Waals surface area contributed by atoms with Crippen molar-refractivity contribution in [3.63, 3.8) is 0 Å². The van der Waals surface area contributed by atoms with Gasteiger partial charge in [-0.05, 0) is 39.3 Å². The van der Waals surface area contributed by atoms with Crippen molar-refractivity contribution in [3.8, 4) is 12.3 Å². The van der Waals surface area contributed by atoms with Gasteiger partial charge in [-0.3, -0.25) is 14.4 Å². The molecule has 3 N–H and O–H groups in total. The molecule has 1 aliphatic heterocycles. The van der Waals surface area contributed by atoms with Gasteiger partial charge in [-0.2, -0.15) is 0 Å². The number of nitrogens with one attached hydrogen (secondary N) is 3. The number of hydrogen-bond acceptors (Lipinski definition) is 4. The number of hydrogen-bond donors (Lipinski definition) is 3. The summed E-state index contributed by atoms with van der Waals surface area (Å²) >= 11 is 0. The number of carbonyl (C=O) groups excluding carboxylic acids is 3. The zero-order valence-electron chi connectivity index (χ0n) is 17.3. The van der Waals surface area contributed by atoms with Crippen LogP contribution in [-0.4, -0.2) is 54.3 Å². The summed E-state index contributed by atoms with van der Waals surface area (Å²) in [5, 5.41) is 8.53. The summed E-state index contributed by atoms with van der Waals surface area (Å²) in [6.07, 6.45) is 6.80. The summed E-state index contributed by atoms with van der Waals surface area (Å²) in [5.41, 5.74) is 0.996. The van der Waals surface area contributed by atoms with Crippen LogP contribution in [0.15, 0.2) is 30.3 Å². The van der Waals surface area contributed by atoms with E-state index in [2.05, 4.69) is 21.9 Å². The Hall–Kier alpha value is -2.85. The first-order valence-electron chi connectivity index (χ1n) is 9.96. The molecule has 4 atom stereocenters. The number of terminal acetylenes is 1. The number of likely N-dealkylation sites (tertiary alicyclic amines) is 1. The number of amides is 3. The first-order chi connectivity index (χ1) is 13.9. The molecule has 0 aromatic heterocycles. The summed E-state index contributed by atoms with van der Waals surface area (Å²) in [4.78, 5) is 39.7. The summed E-state index contributed by atoms with van der Waals surface area (Å²) in [7, 11) is 1.66. The Balaban J connectivity index is 2.06. The van der Waals surface area contributed by atoms with E-state index in [1.165, 1.54) is 0 Å². The number of rotatable bonds is 8. The van der Waals surface area contributed by atoms with Crippen LogP contribution in [0.1, 0.15) is 44.7 Å². The van der Waals surface area contributed by atoms with E-state index >= 15 is 0 Å². The molecule has 29 heavy (non-hydrogen) atoms. The third-order valence-electron chi connectivity index (χ3n) is 5.26. The smallest absolute Gasteiger partial charge is 0.246 e. The van der Waals surface area contributed by atoms with Crippen molar-refractivity contribution in [1.29, 1.82) is 0 Å². The molecule has 0 radical (unpaired) electrons. The monoisotopic (exact) mass is 398 g/mol. The molecule has 1 fully saturated rings. The lowest BCUT2D eigenvalue weighted by atomic mass is 10.1. The molecule has 1 aromatic carbocycles. The van der Waals surface area contributed by atoms with Crippen LogP contribution in [0, 0.1) is 12.3 Å². The molecule has 1 heterocycles. The maximum absolute atomic E-state index is 13.1. The lowest BCUT2D eigenvalue weighted by molar-refractivity contribution is -0.141. The SMILES string of the molecule is C#CC[C@H](NC(=O)[C@H](C)NC)C(=O)N1CCC[C@H]1C(=O)NC(C)c1ccccc1. The molecular formula is C22H30N4O3. The maximum Gasteiger partial charge on any atom is 0.246 e. The van der Waals surface area contributed by atoms with E-state index in [0.717, 1.165) is 12.0 Å². The van der Waals surface area contributed by atoms with Crippen molar-refractivity contribution in [1.82, 2.24) is 20.9 Å². The fraction of sp³-hybridized carbons (Fsp3) is 0.500. The minimum absolute atomic E-state index is 0.0757. The second-order valence-corrected chi connectivity index (χ2v) is 7.31. The Morgan fingerprint density at radius 2 is 1.90 bits per heavy atom. The maximum atomic E-state index is 13.1. The fourth-order valence-electron chi connectivity index (χ4n) is 3.38. The van der Waals surface area contributed by atoms with Crippen molar-refractivity contribution in [2.75, 3.05) is 13.6 Å². The van der Waals surface area contributed by atoms with Crippen molar-refractivity contribution >= 4 is 17.7 Å². The van der Waals surface area contributed by atoms with E-state index in [1.54, 1.807) is 18.9 Å². The predicted octanol–water partition coefficient (Wildman–Crippen LogP) is 0.971. The fourth-order valence-corrected chi connectivity index (χ4v) is 3.38. The highest BCUT2D eigenvalue weighted by Gasteiger charge is 2.38. The van der Waals surface area contributed by atoms with Crippen molar-refractivity contribution in [3.05, 3.63) is 35.9 Å². The number of benzene rings is 1. The standard InChI is InChI=1S/C22H30N4O3/c1-5-10-18(25-20(27)16(3)23-4)22(29)26-14-9-13-19(26)21(28)24-15(2)17-11-7-6-8-12-17/h1,6-8,11-12,15-16,18-19,23H,9-10,13-14H2,2-4H3,(H,24,28)(H,25,27)/t15?,16-,18-,19-/m0/s1. The van der Waals surface area contributed by atoms with Gasteiger partial charge in [-0.15, -0.1) is 12.3 Å².